The minimum Gasteiger partial charge on any atom is -0.308 e. The molecule has 20 heavy (non-hydrogen) atoms. The van der Waals surface area contributed by atoms with E-state index in [0.717, 1.165) is 19.5 Å². The number of rotatable bonds is 6. The lowest BCUT2D eigenvalue weighted by Crippen LogP contribution is -2.28. The van der Waals surface area contributed by atoms with Gasteiger partial charge in [0.25, 0.3) is 0 Å². The van der Waals surface area contributed by atoms with Gasteiger partial charge in [-0.2, -0.15) is 0 Å². The Morgan fingerprint density at radius 1 is 1.20 bits per heavy atom. The molecule has 1 heterocycles. The average molecular weight is 272 g/mol. The maximum absolute atomic E-state index is 3.99. The van der Waals surface area contributed by atoms with Crippen molar-refractivity contribution < 1.29 is 0 Å². The van der Waals surface area contributed by atoms with Crippen LogP contribution in [-0.2, 0) is 6.54 Å². The largest absolute Gasteiger partial charge is 0.308 e. The summed E-state index contributed by atoms with van der Waals surface area (Å²) in [5, 5.41) is 11.5. The normalized spacial score (nSPS) is 13.3. The van der Waals surface area contributed by atoms with E-state index >= 15 is 0 Å². The molecule has 0 aliphatic heterocycles. The molecule has 1 N–H and O–H groups in total. The lowest BCUT2D eigenvalue weighted by Gasteiger charge is -2.27. The molecule has 1 unspecified atom stereocenters. The summed E-state index contributed by atoms with van der Waals surface area (Å²) in [4.78, 5) is 0. The van der Waals surface area contributed by atoms with Gasteiger partial charge in [0.15, 0.2) is 0 Å². The van der Waals surface area contributed by atoms with E-state index in [1.165, 1.54) is 5.56 Å². The minimum atomic E-state index is 0.292. The summed E-state index contributed by atoms with van der Waals surface area (Å²) in [6.07, 6.45) is 4.71. The molecule has 0 saturated carbocycles. The first-order valence-electron chi connectivity index (χ1n) is 7.17. The predicted molar refractivity (Wildman–Crippen MR) is 81.3 cm³/mol. The maximum atomic E-state index is 3.99. The van der Waals surface area contributed by atoms with E-state index in [4.69, 9.17) is 0 Å². The van der Waals surface area contributed by atoms with Gasteiger partial charge in [0.2, 0.25) is 0 Å². The first-order chi connectivity index (χ1) is 9.54. The zero-order valence-corrected chi connectivity index (χ0v) is 12.6. The van der Waals surface area contributed by atoms with Crippen molar-refractivity contribution in [3.05, 3.63) is 48.3 Å². The van der Waals surface area contributed by atoms with Gasteiger partial charge < -0.3 is 5.32 Å². The molecule has 4 heteroatoms. The van der Waals surface area contributed by atoms with E-state index in [9.17, 15) is 0 Å². The molecular weight excluding hydrogens is 248 g/mol. The van der Waals surface area contributed by atoms with Crippen molar-refractivity contribution in [2.75, 3.05) is 6.54 Å². The first-order valence-corrected chi connectivity index (χ1v) is 7.17. The third-order valence-corrected chi connectivity index (χ3v) is 3.22. The Kier molecular flexibility index (Phi) is 4.90. The van der Waals surface area contributed by atoms with Crippen LogP contribution in [0.1, 0.15) is 38.8 Å². The monoisotopic (exact) mass is 272 g/mol. The molecule has 2 aromatic rings. The van der Waals surface area contributed by atoms with Gasteiger partial charge in [-0.25, -0.2) is 0 Å². The van der Waals surface area contributed by atoms with Crippen LogP contribution in [-0.4, -0.2) is 21.5 Å². The third-order valence-electron chi connectivity index (χ3n) is 3.22. The summed E-state index contributed by atoms with van der Waals surface area (Å²) in [6, 6.07) is 11.0. The van der Waals surface area contributed by atoms with Gasteiger partial charge in [0, 0.05) is 18.8 Å². The van der Waals surface area contributed by atoms with Gasteiger partial charge in [-0.3, -0.25) is 4.68 Å². The Hall–Kier alpha value is -1.68. The van der Waals surface area contributed by atoms with Crippen LogP contribution in [0, 0.1) is 5.41 Å². The van der Waals surface area contributed by atoms with Gasteiger partial charge in [0.05, 0.1) is 12.7 Å². The predicted octanol–water partition coefficient (Wildman–Crippen LogP) is 3.05. The third kappa shape index (κ3) is 4.78. The SMILES string of the molecule is CC(C)(C)CC(NCCn1ccnn1)c1ccccc1. The summed E-state index contributed by atoms with van der Waals surface area (Å²) >= 11 is 0. The van der Waals surface area contributed by atoms with Crippen LogP contribution < -0.4 is 5.32 Å². The fraction of sp³-hybridized carbons (Fsp3) is 0.500. The van der Waals surface area contributed by atoms with Crippen LogP contribution in [0.25, 0.3) is 0 Å². The van der Waals surface area contributed by atoms with E-state index in [-0.39, 0.29) is 0 Å². The molecule has 0 amide bonds. The van der Waals surface area contributed by atoms with Gasteiger partial charge >= 0.3 is 0 Å². The van der Waals surface area contributed by atoms with E-state index in [1.807, 2.05) is 10.9 Å². The molecule has 1 aromatic carbocycles. The second kappa shape index (κ2) is 6.66. The summed E-state index contributed by atoms with van der Waals surface area (Å²) in [5.41, 5.74) is 1.64. The zero-order valence-electron chi connectivity index (χ0n) is 12.6. The lowest BCUT2D eigenvalue weighted by atomic mass is 9.85. The van der Waals surface area contributed by atoms with E-state index in [2.05, 4.69) is 66.7 Å². The van der Waals surface area contributed by atoms with Crippen molar-refractivity contribution in [1.82, 2.24) is 20.3 Å². The van der Waals surface area contributed by atoms with Crippen molar-refractivity contribution in [2.45, 2.75) is 39.8 Å². The number of aromatic nitrogens is 3. The molecule has 108 valence electrons. The number of nitrogens with one attached hydrogen (secondary N) is 1. The Morgan fingerprint density at radius 3 is 2.55 bits per heavy atom. The van der Waals surface area contributed by atoms with Crippen LogP contribution in [0.3, 0.4) is 0 Å². The van der Waals surface area contributed by atoms with Crippen LogP contribution in [0.2, 0.25) is 0 Å². The smallest absolute Gasteiger partial charge is 0.0692 e. The van der Waals surface area contributed by atoms with Crippen LogP contribution >= 0.6 is 0 Å². The van der Waals surface area contributed by atoms with Crippen LogP contribution in [0.4, 0.5) is 0 Å². The Bertz CT molecular complexity index is 485. The van der Waals surface area contributed by atoms with Gasteiger partial charge in [0.1, 0.15) is 0 Å². The Balaban J connectivity index is 1.96. The highest BCUT2D eigenvalue weighted by molar-refractivity contribution is 5.19. The minimum absolute atomic E-state index is 0.292. The summed E-state index contributed by atoms with van der Waals surface area (Å²) < 4.78 is 1.85. The van der Waals surface area contributed by atoms with Crippen LogP contribution in [0.15, 0.2) is 42.7 Å². The number of hydrogen-bond donors (Lipinski definition) is 1. The summed E-state index contributed by atoms with van der Waals surface area (Å²) in [5.74, 6) is 0. The highest BCUT2D eigenvalue weighted by atomic mass is 15.4. The molecule has 1 aromatic heterocycles. The van der Waals surface area contributed by atoms with E-state index in [1.54, 1.807) is 6.20 Å². The fourth-order valence-corrected chi connectivity index (χ4v) is 2.31. The quantitative estimate of drug-likeness (QED) is 0.879. The average Bonchev–Trinajstić information content (AvgIpc) is 2.90. The Labute approximate surface area is 121 Å². The highest BCUT2D eigenvalue weighted by Gasteiger charge is 2.19. The molecule has 2 rings (SSSR count). The van der Waals surface area contributed by atoms with Crippen LogP contribution in [0.5, 0.6) is 0 Å². The molecule has 0 radical (unpaired) electrons. The zero-order chi connectivity index (χ0) is 14.4. The van der Waals surface area contributed by atoms with Crippen molar-refractivity contribution in [2.24, 2.45) is 5.41 Å². The van der Waals surface area contributed by atoms with Crippen molar-refractivity contribution in [3.63, 3.8) is 0 Å². The van der Waals surface area contributed by atoms with Gasteiger partial charge in [-0.05, 0) is 17.4 Å². The summed E-state index contributed by atoms with van der Waals surface area (Å²) in [6.45, 7) is 8.57. The van der Waals surface area contributed by atoms with Gasteiger partial charge in [-0.15, -0.1) is 5.10 Å². The van der Waals surface area contributed by atoms with Crippen molar-refractivity contribution in [1.29, 1.82) is 0 Å². The summed E-state index contributed by atoms with van der Waals surface area (Å²) in [7, 11) is 0. The molecule has 4 nitrogen and oxygen atoms in total. The number of benzene rings is 1. The second-order valence-electron chi connectivity index (χ2n) is 6.35. The fourth-order valence-electron chi connectivity index (χ4n) is 2.31. The molecule has 0 fully saturated rings. The number of hydrogen-bond acceptors (Lipinski definition) is 3. The standard InChI is InChI=1S/C16H24N4/c1-16(2,3)13-15(14-7-5-4-6-8-14)17-9-11-20-12-10-18-19-20/h4-8,10,12,15,17H,9,11,13H2,1-3H3. The molecule has 0 aliphatic carbocycles. The topological polar surface area (TPSA) is 42.7 Å². The molecule has 0 spiro atoms. The first kappa shape index (κ1) is 14.7. The van der Waals surface area contributed by atoms with Crippen molar-refractivity contribution in [3.8, 4) is 0 Å². The van der Waals surface area contributed by atoms with Gasteiger partial charge in [-0.1, -0.05) is 56.3 Å². The van der Waals surface area contributed by atoms with Crippen molar-refractivity contribution >= 4 is 0 Å². The second-order valence-corrected chi connectivity index (χ2v) is 6.35. The molecule has 1 atom stereocenters. The highest BCUT2D eigenvalue weighted by Crippen LogP contribution is 2.29. The number of nitrogens with zero attached hydrogens (tertiary/aromatic N) is 3. The molecule has 0 saturated heterocycles. The lowest BCUT2D eigenvalue weighted by molar-refractivity contribution is 0.307. The maximum Gasteiger partial charge on any atom is 0.0692 e. The molecule has 0 bridgehead atoms. The van der Waals surface area contributed by atoms with E-state index < -0.39 is 0 Å². The molecule has 0 aliphatic rings. The van der Waals surface area contributed by atoms with E-state index in [0.29, 0.717) is 11.5 Å². The molecular formula is C16H24N4. The Morgan fingerprint density at radius 2 is 1.95 bits per heavy atom.